The molecule has 0 fully saturated rings. The summed E-state index contributed by atoms with van der Waals surface area (Å²) in [5.41, 5.74) is 0. The molecule has 0 aliphatic carbocycles. The number of carbonyl (C=O) groups is 2. The lowest BCUT2D eigenvalue weighted by atomic mass is 9.93. The molecule has 0 aliphatic heterocycles. The van der Waals surface area contributed by atoms with Crippen molar-refractivity contribution in [3.8, 4) is 0 Å². The minimum Gasteiger partial charge on any atom is -0.396 e. The van der Waals surface area contributed by atoms with E-state index >= 15 is 0 Å². The van der Waals surface area contributed by atoms with Crippen molar-refractivity contribution >= 4 is 12.1 Å². The lowest BCUT2D eigenvalue weighted by molar-refractivity contribution is -0.131. The summed E-state index contributed by atoms with van der Waals surface area (Å²) < 4.78 is 0. The van der Waals surface area contributed by atoms with Crippen LogP contribution in [0.2, 0.25) is 0 Å². The second-order valence-electron chi connectivity index (χ2n) is 3.31. The van der Waals surface area contributed by atoms with Crippen molar-refractivity contribution in [1.82, 2.24) is 0 Å². The fraction of sp³-hybridized carbons (Fsp3) is 0.800. The van der Waals surface area contributed by atoms with E-state index in [0.717, 1.165) is 0 Å². The van der Waals surface area contributed by atoms with E-state index in [4.69, 9.17) is 5.11 Å². The zero-order chi connectivity index (χ0) is 11.0. The molecule has 4 heteroatoms. The molecule has 0 aromatic rings. The van der Waals surface area contributed by atoms with Crippen molar-refractivity contribution in [3.63, 3.8) is 0 Å². The largest absolute Gasteiger partial charge is 0.396 e. The van der Waals surface area contributed by atoms with Crippen molar-refractivity contribution in [3.05, 3.63) is 0 Å². The number of aliphatic hydroxyl groups excluding tert-OH is 2. The van der Waals surface area contributed by atoms with Gasteiger partial charge in [0.25, 0.3) is 0 Å². The average molecular weight is 202 g/mol. The Balaban J connectivity index is 4.10. The van der Waals surface area contributed by atoms with Gasteiger partial charge < -0.3 is 15.0 Å². The molecule has 0 aromatic heterocycles. The molecule has 0 bridgehead atoms. The lowest BCUT2D eigenvalue weighted by Crippen LogP contribution is -2.29. The number of hydrogen-bond donors (Lipinski definition) is 2. The standard InChI is InChI=1S/C10H18O4/c1-2-4-9(13)8(7-12)10(14)5-3-6-11/h7-8,10-11,14H,2-6H2,1H3. The predicted molar refractivity (Wildman–Crippen MR) is 51.8 cm³/mol. The van der Waals surface area contributed by atoms with Crippen LogP contribution in [-0.4, -0.2) is 35.0 Å². The number of rotatable bonds is 8. The molecule has 0 spiro atoms. The summed E-state index contributed by atoms with van der Waals surface area (Å²) in [4.78, 5) is 21.9. The van der Waals surface area contributed by atoms with Gasteiger partial charge in [-0.05, 0) is 19.3 Å². The van der Waals surface area contributed by atoms with Gasteiger partial charge in [-0.1, -0.05) is 6.92 Å². The minimum absolute atomic E-state index is 0.0371. The third-order valence-electron chi connectivity index (χ3n) is 2.09. The zero-order valence-corrected chi connectivity index (χ0v) is 8.48. The molecule has 2 N–H and O–H groups in total. The topological polar surface area (TPSA) is 74.6 Å². The molecular weight excluding hydrogens is 184 g/mol. The third kappa shape index (κ3) is 4.48. The van der Waals surface area contributed by atoms with E-state index in [9.17, 15) is 14.7 Å². The Bertz CT molecular complexity index is 179. The van der Waals surface area contributed by atoms with Crippen molar-refractivity contribution in [1.29, 1.82) is 0 Å². The first-order valence-corrected chi connectivity index (χ1v) is 4.94. The van der Waals surface area contributed by atoms with E-state index in [1.54, 1.807) is 0 Å². The summed E-state index contributed by atoms with van der Waals surface area (Å²) in [7, 11) is 0. The maximum Gasteiger partial charge on any atom is 0.145 e. The molecule has 0 heterocycles. The van der Waals surface area contributed by atoms with Gasteiger partial charge in [-0.15, -0.1) is 0 Å². The molecule has 2 atom stereocenters. The summed E-state index contributed by atoms with van der Waals surface area (Å²) in [6.07, 6.45) is 1.24. The smallest absolute Gasteiger partial charge is 0.145 e. The molecule has 4 nitrogen and oxygen atoms in total. The van der Waals surface area contributed by atoms with Crippen molar-refractivity contribution in [2.75, 3.05) is 6.61 Å². The highest BCUT2D eigenvalue weighted by molar-refractivity contribution is 5.93. The highest BCUT2D eigenvalue weighted by Crippen LogP contribution is 2.11. The number of ketones is 1. The summed E-state index contributed by atoms with van der Waals surface area (Å²) in [6.45, 7) is 1.81. The van der Waals surface area contributed by atoms with Crippen LogP contribution in [0.3, 0.4) is 0 Å². The highest BCUT2D eigenvalue weighted by Gasteiger charge is 2.24. The Morgan fingerprint density at radius 3 is 2.57 bits per heavy atom. The van der Waals surface area contributed by atoms with Gasteiger partial charge in [-0.2, -0.15) is 0 Å². The molecule has 0 aliphatic rings. The number of carbonyl (C=O) groups excluding carboxylic acids is 2. The van der Waals surface area contributed by atoms with Crippen LogP contribution in [-0.2, 0) is 9.59 Å². The second kappa shape index (κ2) is 7.64. The number of aliphatic hydroxyl groups is 2. The average Bonchev–Trinajstić information content (AvgIpc) is 2.16. The van der Waals surface area contributed by atoms with Crippen molar-refractivity contribution in [2.24, 2.45) is 5.92 Å². The SMILES string of the molecule is CCCC(=O)C(C=O)C(O)CCCO. The molecule has 2 unspecified atom stereocenters. The van der Waals surface area contributed by atoms with Gasteiger partial charge in [-0.3, -0.25) is 4.79 Å². The number of hydrogen-bond acceptors (Lipinski definition) is 4. The second-order valence-corrected chi connectivity index (χ2v) is 3.31. The van der Waals surface area contributed by atoms with E-state index in [2.05, 4.69) is 0 Å². The van der Waals surface area contributed by atoms with Gasteiger partial charge in [0.15, 0.2) is 0 Å². The maximum atomic E-state index is 11.3. The van der Waals surface area contributed by atoms with Crippen LogP contribution in [0, 0.1) is 5.92 Å². The molecule has 0 aromatic carbocycles. The fourth-order valence-electron chi connectivity index (χ4n) is 1.27. The van der Waals surface area contributed by atoms with Gasteiger partial charge in [0, 0.05) is 13.0 Å². The molecule has 0 saturated carbocycles. The maximum absolute atomic E-state index is 11.3. The van der Waals surface area contributed by atoms with Crippen molar-refractivity contribution in [2.45, 2.75) is 38.7 Å². The van der Waals surface area contributed by atoms with E-state index < -0.39 is 12.0 Å². The number of Topliss-reactive ketones (excluding diaryl/α,β-unsaturated/α-hetero) is 1. The first-order valence-electron chi connectivity index (χ1n) is 4.94. The Morgan fingerprint density at radius 2 is 2.14 bits per heavy atom. The monoisotopic (exact) mass is 202 g/mol. The molecule has 0 amide bonds. The molecule has 0 saturated heterocycles. The molecule has 0 rings (SSSR count). The van der Waals surface area contributed by atoms with Gasteiger partial charge in [0.2, 0.25) is 0 Å². The fourth-order valence-corrected chi connectivity index (χ4v) is 1.27. The molecule has 82 valence electrons. The first-order chi connectivity index (χ1) is 6.67. The zero-order valence-electron chi connectivity index (χ0n) is 8.48. The highest BCUT2D eigenvalue weighted by atomic mass is 16.3. The summed E-state index contributed by atoms with van der Waals surface area (Å²) >= 11 is 0. The van der Waals surface area contributed by atoms with E-state index in [1.165, 1.54) is 0 Å². The molecule has 14 heavy (non-hydrogen) atoms. The Labute approximate surface area is 83.9 Å². The molecule has 0 radical (unpaired) electrons. The van der Waals surface area contributed by atoms with Crippen LogP contribution in [0.5, 0.6) is 0 Å². The first kappa shape index (κ1) is 13.3. The van der Waals surface area contributed by atoms with Crippen LogP contribution in [0.25, 0.3) is 0 Å². The quantitative estimate of drug-likeness (QED) is 0.438. The van der Waals surface area contributed by atoms with Crippen LogP contribution in [0.4, 0.5) is 0 Å². The summed E-state index contributed by atoms with van der Waals surface area (Å²) in [6, 6.07) is 0. The van der Waals surface area contributed by atoms with Gasteiger partial charge >= 0.3 is 0 Å². The molecular formula is C10H18O4. The van der Waals surface area contributed by atoms with Crippen molar-refractivity contribution < 1.29 is 19.8 Å². The summed E-state index contributed by atoms with van der Waals surface area (Å²) in [5.74, 6) is -1.13. The predicted octanol–water partition coefficient (Wildman–Crippen LogP) is 0.304. The van der Waals surface area contributed by atoms with Gasteiger partial charge in [0.05, 0.1) is 12.0 Å². The van der Waals surface area contributed by atoms with Crippen LogP contribution < -0.4 is 0 Å². The Hall–Kier alpha value is -0.740. The van der Waals surface area contributed by atoms with Gasteiger partial charge in [0.1, 0.15) is 12.1 Å². The summed E-state index contributed by atoms with van der Waals surface area (Å²) in [5, 5.41) is 18.0. The Kier molecular flexibility index (Phi) is 7.24. The van der Waals surface area contributed by atoms with Gasteiger partial charge in [-0.25, -0.2) is 0 Å². The van der Waals surface area contributed by atoms with Crippen LogP contribution in [0.1, 0.15) is 32.6 Å². The van der Waals surface area contributed by atoms with E-state index in [-0.39, 0.29) is 18.8 Å². The van der Waals surface area contributed by atoms with E-state index in [0.29, 0.717) is 25.5 Å². The van der Waals surface area contributed by atoms with Crippen LogP contribution in [0.15, 0.2) is 0 Å². The number of aldehydes is 1. The minimum atomic E-state index is -0.946. The van der Waals surface area contributed by atoms with E-state index in [1.807, 2.05) is 6.92 Å². The normalized spacial score (nSPS) is 14.8. The lowest BCUT2D eigenvalue weighted by Gasteiger charge is -2.15. The van der Waals surface area contributed by atoms with Crippen LogP contribution >= 0.6 is 0 Å². The third-order valence-corrected chi connectivity index (χ3v) is 2.09. The Morgan fingerprint density at radius 1 is 1.50 bits per heavy atom.